The molecule has 2 aliphatic heterocycles. The molecule has 8 nitrogen and oxygen atoms in total. The van der Waals surface area contributed by atoms with Crippen molar-refractivity contribution in [2.24, 2.45) is 0 Å². The van der Waals surface area contributed by atoms with Crippen molar-refractivity contribution in [3.63, 3.8) is 0 Å². The zero-order chi connectivity index (χ0) is 17.9. The topological polar surface area (TPSA) is 82.8 Å². The van der Waals surface area contributed by atoms with Gasteiger partial charge in [-0.05, 0) is 19.8 Å². The third kappa shape index (κ3) is 4.21. The van der Waals surface area contributed by atoms with Crippen molar-refractivity contribution >= 4 is 10.2 Å². The molecule has 25 heavy (non-hydrogen) atoms. The standard InChI is InChI=1S/C16H29N5O3S/c1-3-15-17-16(24-18-15)14(2)19-10-12-21(13-11-19)25(22,23)20-8-6-4-5-7-9-20/h14H,3-13H2,1-2H3/t14-/m0/s1. The monoisotopic (exact) mass is 371 g/mol. The van der Waals surface area contributed by atoms with Gasteiger partial charge in [-0.2, -0.15) is 22.0 Å². The number of hydrogen-bond acceptors (Lipinski definition) is 6. The van der Waals surface area contributed by atoms with Crippen molar-refractivity contribution in [3.8, 4) is 0 Å². The molecule has 9 heteroatoms. The molecule has 2 fully saturated rings. The van der Waals surface area contributed by atoms with E-state index in [1.54, 1.807) is 8.61 Å². The van der Waals surface area contributed by atoms with Crippen molar-refractivity contribution < 1.29 is 12.9 Å². The first-order valence-electron chi connectivity index (χ1n) is 9.34. The number of rotatable bonds is 5. The van der Waals surface area contributed by atoms with Gasteiger partial charge in [-0.25, -0.2) is 0 Å². The molecule has 0 bridgehead atoms. The lowest BCUT2D eigenvalue weighted by atomic mass is 10.2. The highest BCUT2D eigenvalue weighted by molar-refractivity contribution is 7.86. The van der Waals surface area contributed by atoms with Gasteiger partial charge in [0.2, 0.25) is 5.89 Å². The summed E-state index contributed by atoms with van der Waals surface area (Å²) in [7, 11) is -3.33. The third-order valence-corrected chi connectivity index (χ3v) is 7.23. The molecule has 0 aromatic carbocycles. The van der Waals surface area contributed by atoms with Crippen LogP contribution in [0.25, 0.3) is 0 Å². The summed E-state index contributed by atoms with van der Waals surface area (Å²) in [6, 6.07) is 0.0100. The average molecular weight is 372 g/mol. The molecule has 0 radical (unpaired) electrons. The third-order valence-electron chi connectivity index (χ3n) is 5.20. The summed E-state index contributed by atoms with van der Waals surface area (Å²) in [6.07, 6.45) is 4.93. The van der Waals surface area contributed by atoms with E-state index in [4.69, 9.17) is 4.52 Å². The second-order valence-corrected chi connectivity index (χ2v) is 8.76. The van der Waals surface area contributed by atoms with Gasteiger partial charge in [-0.1, -0.05) is 24.9 Å². The zero-order valence-corrected chi connectivity index (χ0v) is 16.0. The van der Waals surface area contributed by atoms with Crippen LogP contribution >= 0.6 is 0 Å². The normalized spacial score (nSPS) is 23.4. The van der Waals surface area contributed by atoms with Crippen LogP contribution in [0.1, 0.15) is 57.3 Å². The lowest BCUT2D eigenvalue weighted by Crippen LogP contribution is -2.53. The molecule has 3 rings (SSSR count). The smallest absolute Gasteiger partial charge is 0.282 e. The largest absolute Gasteiger partial charge is 0.338 e. The van der Waals surface area contributed by atoms with Gasteiger partial charge < -0.3 is 4.52 Å². The molecule has 0 spiro atoms. The highest BCUT2D eigenvalue weighted by Gasteiger charge is 2.34. The maximum Gasteiger partial charge on any atom is 0.282 e. The molecule has 0 saturated carbocycles. The summed E-state index contributed by atoms with van der Waals surface area (Å²) < 4.78 is 34.4. The van der Waals surface area contributed by atoms with E-state index in [0.717, 1.165) is 32.1 Å². The first-order valence-corrected chi connectivity index (χ1v) is 10.7. The predicted molar refractivity (Wildman–Crippen MR) is 94.2 cm³/mol. The Morgan fingerprint density at radius 3 is 2.16 bits per heavy atom. The maximum absolute atomic E-state index is 12.9. The van der Waals surface area contributed by atoms with Crippen LogP contribution in [-0.4, -0.2) is 71.3 Å². The Morgan fingerprint density at radius 1 is 1.00 bits per heavy atom. The number of aryl methyl sites for hydroxylation is 1. The minimum Gasteiger partial charge on any atom is -0.338 e. The molecular formula is C16H29N5O3S. The molecule has 0 amide bonds. The molecular weight excluding hydrogens is 342 g/mol. The summed E-state index contributed by atoms with van der Waals surface area (Å²) in [4.78, 5) is 6.61. The molecule has 1 aromatic heterocycles. The van der Waals surface area contributed by atoms with Crippen LogP contribution in [0, 0.1) is 0 Å². The Morgan fingerprint density at radius 2 is 1.60 bits per heavy atom. The summed E-state index contributed by atoms with van der Waals surface area (Å²) in [6.45, 7) is 7.71. The number of hydrogen-bond donors (Lipinski definition) is 0. The van der Waals surface area contributed by atoms with Gasteiger partial charge in [0.1, 0.15) is 0 Å². The van der Waals surface area contributed by atoms with Gasteiger partial charge in [0.15, 0.2) is 5.82 Å². The summed E-state index contributed by atoms with van der Waals surface area (Å²) in [5.41, 5.74) is 0. The van der Waals surface area contributed by atoms with Gasteiger partial charge in [0.05, 0.1) is 6.04 Å². The molecule has 1 aromatic rings. The Balaban J connectivity index is 1.59. The number of aromatic nitrogens is 2. The van der Waals surface area contributed by atoms with Crippen LogP contribution in [0.2, 0.25) is 0 Å². The average Bonchev–Trinajstić information content (AvgIpc) is 2.94. The predicted octanol–water partition coefficient (Wildman–Crippen LogP) is 1.43. The minimum atomic E-state index is -3.33. The Bertz CT molecular complexity index is 646. The van der Waals surface area contributed by atoms with Crippen molar-refractivity contribution in [1.29, 1.82) is 0 Å². The minimum absolute atomic E-state index is 0.0100. The zero-order valence-electron chi connectivity index (χ0n) is 15.2. The summed E-state index contributed by atoms with van der Waals surface area (Å²) in [5, 5.41) is 3.95. The fraction of sp³-hybridized carbons (Fsp3) is 0.875. The summed E-state index contributed by atoms with van der Waals surface area (Å²) >= 11 is 0. The molecule has 0 unspecified atom stereocenters. The second kappa shape index (κ2) is 8.11. The Kier molecular flexibility index (Phi) is 6.08. The van der Waals surface area contributed by atoms with E-state index in [2.05, 4.69) is 15.0 Å². The van der Waals surface area contributed by atoms with E-state index < -0.39 is 10.2 Å². The molecule has 2 saturated heterocycles. The van der Waals surface area contributed by atoms with Crippen LogP contribution in [0.4, 0.5) is 0 Å². The molecule has 0 aliphatic carbocycles. The molecule has 1 atom stereocenters. The van der Waals surface area contributed by atoms with Crippen molar-refractivity contribution in [3.05, 3.63) is 11.7 Å². The van der Waals surface area contributed by atoms with Crippen LogP contribution in [0.3, 0.4) is 0 Å². The van der Waals surface area contributed by atoms with Crippen molar-refractivity contribution in [2.45, 2.75) is 52.0 Å². The van der Waals surface area contributed by atoms with Crippen LogP contribution in [-0.2, 0) is 16.6 Å². The van der Waals surface area contributed by atoms with Crippen molar-refractivity contribution in [2.75, 3.05) is 39.3 Å². The fourth-order valence-corrected chi connectivity index (χ4v) is 5.17. The van der Waals surface area contributed by atoms with E-state index in [0.29, 0.717) is 51.0 Å². The molecule has 3 heterocycles. The van der Waals surface area contributed by atoms with Crippen LogP contribution in [0.5, 0.6) is 0 Å². The maximum atomic E-state index is 12.9. The quantitative estimate of drug-likeness (QED) is 0.779. The summed E-state index contributed by atoms with van der Waals surface area (Å²) in [5.74, 6) is 1.32. The highest BCUT2D eigenvalue weighted by Crippen LogP contribution is 2.23. The second-order valence-electron chi connectivity index (χ2n) is 6.83. The van der Waals surface area contributed by atoms with Crippen molar-refractivity contribution in [1.82, 2.24) is 23.7 Å². The van der Waals surface area contributed by atoms with Crippen LogP contribution in [0.15, 0.2) is 4.52 Å². The Labute approximate surface area is 150 Å². The number of piperazine rings is 1. The molecule has 0 N–H and O–H groups in total. The van der Waals surface area contributed by atoms with Crippen LogP contribution < -0.4 is 0 Å². The van der Waals surface area contributed by atoms with E-state index in [1.807, 2.05) is 13.8 Å². The van der Waals surface area contributed by atoms with Gasteiger partial charge >= 0.3 is 0 Å². The van der Waals surface area contributed by atoms with E-state index >= 15 is 0 Å². The van der Waals surface area contributed by atoms with Gasteiger partial charge in [-0.3, -0.25) is 4.90 Å². The first-order chi connectivity index (χ1) is 12.0. The van der Waals surface area contributed by atoms with Gasteiger partial charge in [-0.15, -0.1) is 0 Å². The fourth-order valence-electron chi connectivity index (χ4n) is 3.49. The first kappa shape index (κ1) is 18.8. The van der Waals surface area contributed by atoms with Gasteiger partial charge in [0.25, 0.3) is 10.2 Å². The molecule has 2 aliphatic rings. The lowest BCUT2D eigenvalue weighted by Gasteiger charge is -2.38. The Hall–Kier alpha value is -1.03. The molecule has 142 valence electrons. The highest BCUT2D eigenvalue weighted by atomic mass is 32.2. The van der Waals surface area contributed by atoms with E-state index in [9.17, 15) is 8.42 Å². The SMILES string of the molecule is CCc1noc([C@H](C)N2CCN(S(=O)(=O)N3CCCCCC3)CC2)n1. The van der Waals surface area contributed by atoms with E-state index in [-0.39, 0.29) is 6.04 Å². The number of nitrogens with zero attached hydrogens (tertiary/aromatic N) is 5. The van der Waals surface area contributed by atoms with Gasteiger partial charge in [0, 0.05) is 45.7 Å². The lowest BCUT2D eigenvalue weighted by molar-refractivity contribution is 0.121. The van der Waals surface area contributed by atoms with E-state index in [1.165, 1.54) is 0 Å².